The van der Waals surface area contributed by atoms with Crippen LogP contribution in [0.15, 0.2) is 0 Å². The molecule has 2 rings (SSSR count). The number of aromatic nitrogens is 1. The SMILES string of the molecule is CCC1CCC(c2nc(C)c(C(C)N)s2)CC1. The van der Waals surface area contributed by atoms with Crippen LogP contribution in [0.25, 0.3) is 0 Å². The molecular weight excluding hydrogens is 228 g/mol. The van der Waals surface area contributed by atoms with Gasteiger partial charge in [-0.3, -0.25) is 0 Å². The molecule has 0 aliphatic heterocycles. The Labute approximate surface area is 109 Å². The van der Waals surface area contributed by atoms with Gasteiger partial charge in [-0.05, 0) is 45.4 Å². The number of hydrogen-bond donors (Lipinski definition) is 1. The van der Waals surface area contributed by atoms with Crippen molar-refractivity contribution in [2.75, 3.05) is 0 Å². The molecule has 1 aliphatic rings. The van der Waals surface area contributed by atoms with Crippen LogP contribution in [0.5, 0.6) is 0 Å². The summed E-state index contributed by atoms with van der Waals surface area (Å²) in [4.78, 5) is 6.02. The minimum atomic E-state index is 0.133. The molecule has 0 saturated heterocycles. The molecular formula is C14H24N2S. The summed E-state index contributed by atoms with van der Waals surface area (Å²) < 4.78 is 0. The maximum absolute atomic E-state index is 5.97. The normalized spacial score (nSPS) is 27.1. The molecule has 1 aliphatic carbocycles. The van der Waals surface area contributed by atoms with E-state index in [4.69, 9.17) is 10.7 Å². The highest BCUT2D eigenvalue weighted by Gasteiger charge is 2.24. The number of aryl methyl sites for hydroxylation is 1. The van der Waals surface area contributed by atoms with E-state index >= 15 is 0 Å². The third kappa shape index (κ3) is 2.89. The van der Waals surface area contributed by atoms with Crippen molar-refractivity contribution in [3.8, 4) is 0 Å². The van der Waals surface area contributed by atoms with Gasteiger partial charge in [-0.2, -0.15) is 0 Å². The van der Waals surface area contributed by atoms with Crippen molar-refractivity contribution in [1.29, 1.82) is 0 Å². The third-order valence-corrected chi connectivity index (χ3v) is 5.56. The molecule has 0 aromatic carbocycles. The van der Waals surface area contributed by atoms with Gasteiger partial charge in [0.05, 0.1) is 10.7 Å². The summed E-state index contributed by atoms with van der Waals surface area (Å²) >= 11 is 1.85. The summed E-state index contributed by atoms with van der Waals surface area (Å²) in [5.41, 5.74) is 7.12. The molecule has 1 aromatic heterocycles. The Morgan fingerprint density at radius 1 is 1.35 bits per heavy atom. The van der Waals surface area contributed by atoms with E-state index in [1.807, 2.05) is 11.3 Å². The number of hydrogen-bond acceptors (Lipinski definition) is 3. The van der Waals surface area contributed by atoms with Gasteiger partial charge in [0.25, 0.3) is 0 Å². The number of thiazole rings is 1. The first kappa shape index (κ1) is 13.0. The van der Waals surface area contributed by atoms with Crippen LogP contribution in [0.4, 0.5) is 0 Å². The molecule has 1 fully saturated rings. The van der Waals surface area contributed by atoms with Crippen molar-refractivity contribution >= 4 is 11.3 Å². The van der Waals surface area contributed by atoms with E-state index < -0.39 is 0 Å². The molecule has 1 aromatic rings. The average Bonchev–Trinajstić information content (AvgIpc) is 2.71. The molecule has 1 saturated carbocycles. The molecule has 2 nitrogen and oxygen atoms in total. The second kappa shape index (κ2) is 5.49. The summed E-state index contributed by atoms with van der Waals surface area (Å²) in [5.74, 6) is 1.66. The highest BCUT2D eigenvalue weighted by Crippen LogP contribution is 2.39. The van der Waals surface area contributed by atoms with Crippen molar-refractivity contribution in [2.24, 2.45) is 11.7 Å². The molecule has 17 heavy (non-hydrogen) atoms. The van der Waals surface area contributed by atoms with Crippen LogP contribution in [0.3, 0.4) is 0 Å². The van der Waals surface area contributed by atoms with Crippen LogP contribution < -0.4 is 5.73 Å². The van der Waals surface area contributed by atoms with E-state index in [2.05, 4.69) is 20.8 Å². The first-order valence-corrected chi connectivity index (χ1v) is 7.66. The summed E-state index contributed by atoms with van der Waals surface area (Å²) in [6, 6.07) is 0.133. The van der Waals surface area contributed by atoms with E-state index in [0.717, 1.165) is 11.6 Å². The Kier molecular flexibility index (Phi) is 4.21. The first-order valence-electron chi connectivity index (χ1n) is 6.84. The minimum absolute atomic E-state index is 0.133. The molecule has 1 heterocycles. The van der Waals surface area contributed by atoms with Crippen molar-refractivity contribution in [3.63, 3.8) is 0 Å². The van der Waals surface area contributed by atoms with Gasteiger partial charge >= 0.3 is 0 Å². The maximum atomic E-state index is 5.97. The van der Waals surface area contributed by atoms with Gasteiger partial charge in [0, 0.05) is 16.8 Å². The Bertz CT molecular complexity index is 362. The smallest absolute Gasteiger partial charge is 0.0962 e. The Balaban J connectivity index is 2.06. The summed E-state index contributed by atoms with van der Waals surface area (Å²) in [6.07, 6.45) is 6.75. The number of nitrogens with two attached hydrogens (primary N) is 1. The Morgan fingerprint density at radius 3 is 2.47 bits per heavy atom. The quantitative estimate of drug-likeness (QED) is 0.877. The van der Waals surface area contributed by atoms with E-state index in [1.54, 1.807) is 0 Å². The molecule has 1 unspecified atom stereocenters. The number of nitrogens with zero attached hydrogens (tertiary/aromatic N) is 1. The number of rotatable bonds is 3. The van der Waals surface area contributed by atoms with Gasteiger partial charge in [0.2, 0.25) is 0 Å². The van der Waals surface area contributed by atoms with E-state index in [9.17, 15) is 0 Å². The van der Waals surface area contributed by atoms with Gasteiger partial charge in [-0.15, -0.1) is 11.3 Å². The highest BCUT2D eigenvalue weighted by atomic mass is 32.1. The molecule has 0 radical (unpaired) electrons. The molecule has 0 amide bonds. The summed E-state index contributed by atoms with van der Waals surface area (Å²) in [7, 11) is 0. The standard InChI is InChI=1S/C14H24N2S/c1-4-11-5-7-12(8-6-11)14-16-10(3)13(17-14)9(2)15/h9,11-12H,4-8,15H2,1-3H3. The topological polar surface area (TPSA) is 38.9 Å². The Hall–Kier alpha value is -0.410. The van der Waals surface area contributed by atoms with Crippen molar-refractivity contribution in [2.45, 2.75) is 64.8 Å². The monoisotopic (exact) mass is 252 g/mol. The fraction of sp³-hybridized carbons (Fsp3) is 0.786. The molecule has 2 N–H and O–H groups in total. The van der Waals surface area contributed by atoms with Crippen LogP contribution in [0, 0.1) is 12.8 Å². The van der Waals surface area contributed by atoms with Crippen LogP contribution in [-0.2, 0) is 0 Å². The van der Waals surface area contributed by atoms with E-state index in [0.29, 0.717) is 5.92 Å². The zero-order chi connectivity index (χ0) is 12.4. The molecule has 3 heteroatoms. The van der Waals surface area contributed by atoms with Crippen LogP contribution in [-0.4, -0.2) is 4.98 Å². The summed E-state index contributed by atoms with van der Waals surface area (Å²) in [6.45, 7) is 6.46. The van der Waals surface area contributed by atoms with Crippen LogP contribution in [0.2, 0.25) is 0 Å². The second-order valence-electron chi connectivity index (χ2n) is 5.42. The first-order chi connectivity index (χ1) is 8.11. The lowest BCUT2D eigenvalue weighted by molar-refractivity contribution is 0.318. The lowest BCUT2D eigenvalue weighted by Crippen LogP contribution is -2.12. The van der Waals surface area contributed by atoms with Gasteiger partial charge < -0.3 is 5.73 Å². The van der Waals surface area contributed by atoms with Gasteiger partial charge in [0.15, 0.2) is 0 Å². The van der Waals surface area contributed by atoms with Gasteiger partial charge in [0.1, 0.15) is 0 Å². The van der Waals surface area contributed by atoms with Gasteiger partial charge in [-0.25, -0.2) is 4.98 Å². The molecule has 0 bridgehead atoms. The van der Waals surface area contributed by atoms with E-state index in [-0.39, 0.29) is 6.04 Å². The van der Waals surface area contributed by atoms with Crippen molar-refractivity contribution in [1.82, 2.24) is 4.98 Å². The Morgan fingerprint density at radius 2 is 2.00 bits per heavy atom. The second-order valence-corrected chi connectivity index (χ2v) is 6.48. The minimum Gasteiger partial charge on any atom is -0.323 e. The predicted molar refractivity (Wildman–Crippen MR) is 74.4 cm³/mol. The van der Waals surface area contributed by atoms with Gasteiger partial charge in [-0.1, -0.05) is 13.3 Å². The van der Waals surface area contributed by atoms with Crippen LogP contribution in [0.1, 0.15) is 73.5 Å². The zero-order valence-electron chi connectivity index (χ0n) is 11.2. The zero-order valence-corrected chi connectivity index (χ0v) is 12.0. The van der Waals surface area contributed by atoms with Crippen molar-refractivity contribution < 1.29 is 0 Å². The maximum Gasteiger partial charge on any atom is 0.0962 e. The lowest BCUT2D eigenvalue weighted by Gasteiger charge is -2.26. The fourth-order valence-electron chi connectivity index (χ4n) is 2.84. The lowest BCUT2D eigenvalue weighted by atomic mass is 9.81. The predicted octanol–water partition coefficient (Wildman–Crippen LogP) is 4.16. The van der Waals surface area contributed by atoms with Crippen molar-refractivity contribution in [3.05, 3.63) is 15.6 Å². The molecule has 96 valence electrons. The fourth-order valence-corrected chi connectivity index (χ4v) is 4.03. The highest BCUT2D eigenvalue weighted by molar-refractivity contribution is 7.11. The average molecular weight is 252 g/mol. The molecule has 0 spiro atoms. The van der Waals surface area contributed by atoms with Crippen LogP contribution >= 0.6 is 11.3 Å². The third-order valence-electron chi connectivity index (χ3n) is 4.04. The van der Waals surface area contributed by atoms with E-state index in [1.165, 1.54) is 42.0 Å². The largest absolute Gasteiger partial charge is 0.323 e. The summed E-state index contributed by atoms with van der Waals surface area (Å²) in [5, 5.41) is 1.34. The molecule has 1 atom stereocenters.